The highest BCUT2D eigenvalue weighted by molar-refractivity contribution is 9.10. The maximum Gasteiger partial charge on any atom is 0.188 e. The fraction of sp³-hybridized carbons (Fsp3) is 0.273. The van der Waals surface area contributed by atoms with Crippen molar-refractivity contribution in [2.75, 3.05) is 7.11 Å². The molecule has 0 bridgehead atoms. The molecule has 0 saturated carbocycles. The zero-order chi connectivity index (χ0) is 11.4. The normalized spacial score (nSPS) is 10.6. The van der Waals surface area contributed by atoms with Crippen molar-refractivity contribution in [3.63, 3.8) is 0 Å². The Kier molecular flexibility index (Phi) is 4.40. The summed E-state index contributed by atoms with van der Waals surface area (Å²) < 4.78 is 6.26. The summed E-state index contributed by atoms with van der Waals surface area (Å²) in [5.41, 5.74) is 0. The summed E-state index contributed by atoms with van der Waals surface area (Å²) >= 11 is 6.91. The third-order valence-electron chi connectivity index (χ3n) is 2.07. The minimum Gasteiger partial charge on any atom is -0.486 e. The zero-order valence-electron chi connectivity index (χ0n) is 8.83. The molecule has 0 spiro atoms. The van der Waals surface area contributed by atoms with Crippen molar-refractivity contribution in [1.29, 1.82) is 0 Å². The highest BCUT2D eigenvalue weighted by atomic mass is 79.9. The van der Waals surface area contributed by atoms with Crippen molar-refractivity contribution in [3.8, 4) is 5.06 Å². The second-order valence-electron chi connectivity index (χ2n) is 3.24. The van der Waals surface area contributed by atoms with Gasteiger partial charge in [0.1, 0.15) is 0 Å². The Morgan fingerprint density at radius 1 is 1.38 bits per heavy atom. The Balaban J connectivity index is 1.85. The Bertz CT molecular complexity index is 439. The number of thiophene rings is 2. The van der Waals surface area contributed by atoms with Gasteiger partial charge in [0, 0.05) is 22.8 Å². The second kappa shape index (κ2) is 5.82. The van der Waals surface area contributed by atoms with Crippen LogP contribution in [0.3, 0.4) is 0 Å². The molecule has 5 heteroatoms. The maximum absolute atomic E-state index is 5.22. The van der Waals surface area contributed by atoms with Gasteiger partial charge >= 0.3 is 0 Å². The van der Waals surface area contributed by atoms with E-state index in [2.05, 4.69) is 44.8 Å². The Morgan fingerprint density at radius 3 is 2.81 bits per heavy atom. The number of ether oxygens (including phenoxy) is 1. The van der Waals surface area contributed by atoms with Crippen LogP contribution in [0.5, 0.6) is 5.06 Å². The molecular weight excluding hydrogens is 306 g/mol. The van der Waals surface area contributed by atoms with Crippen LogP contribution in [-0.4, -0.2) is 7.11 Å². The van der Waals surface area contributed by atoms with E-state index in [4.69, 9.17) is 4.74 Å². The largest absolute Gasteiger partial charge is 0.486 e. The summed E-state index contributed by atoms with van der Waals surface area (Å²) in [6.45, 7) is 1.81. The second-order valence-corrected chi connectivity index (χ2v) is 6.22. The van der Waals surface area contributed by atoms with E-state index in [0.717, 1.165) is 22.6 Å². The van der Waals surface area contributed by atoms with E-state index < -0.39 is 0 Å². The molecule has 2 nitrogen and oxygen atoms in total. The van der Waals surface area contributed by atoms with Crippen LogP contribution in [-0.2, 0) is 13.1 Å². The summed E-state index contributed by atoms with van der Waals surface area (Å²) in [5.74, 6) is 0. The van der Waals surface area contributed by atoms with Crippen LogP contribution in [0.1, 0.15) is 9.75 Å². The van der Waals surface area contributed by atoms with Crippen LogP contribution >= 0.6 is 38.6 Å². The quantitative estimate of drug-likeness (QED) is 0.903. The van der Waals surface area contributed by atoms with Crippen molar-refractivity contribution in [3.05, 3.63) is 37.8 Å². The molecule has 0 aromatic carbocycles. The summed E-state index contributed by atoms with van der Waals surface area (Å²) in [6.07, 6.45) is 0. The molecule has 2 aromatic rings. The van der Waals surface area contributed by atoms with Gasteiger partial charge in [-0.15, -0.1) is 22.7 Å². The first-order valence-electron chi connectivity index (χ1n) is 4.85. The van der Waals surface area contributed by atoms with Gasteiger partial charge in [-0.1, -0.05) is 6.07 Å². The third kappa shape index (κ3) is 3.07. The van der Waals surface area contributed by atoms with Crippen molar-refractivity contribution < 1.29 is 4.74 Å². The molecule has 86 valence electrons. The van der Waals surface area contributed by atoms with Gasteiger partial charge in [-0.3, -0.25) is 0 Å². The van der Waals surface area contributed by atoms with Gasteiger partial charge in [0.25, 0.3) is 0 Å². The van der Waals surface area contributed by atoms with E-state index in [0.29, 0.717) is 0 Å². The molecule has 0 saturated heterocycles. The van der Waals surface area contributed by atoms with E-state index in [9.17, 15) is 0 Å². The fourth-order valence-corrected chi connectivity index (χ4v) is 3.68. The van der Waals surface area contributed by atoms with Gasteiger partial charge in [0.2, 0.25) is 0 Å². The van der Waals surface area contributed by atoms with Crippen molar-refractivity contribution in [1.82, 2.24) is 5.32 Å². The molecule has 2 heterocycles. The highest BCUT2D eigenvalue weighted by Gasteiger charge is 2.06. The van der Waals surface area contributed by atoms with E-state index >= 15 is 0 Å². The van der Waals surface area contributed by atoms with E-state index in [1.165, 1.54) is 9.75 Å². The van der Waals surface area contributed by atoms with Crippen LogP contribution < -0.4 is 10.1 Å². The first-order valence-corrected chi connectivity index (χ1v) is 7.34. The van der Waals surface area contributed by atoms with Gasteiger partial charge in [-0.05, 0) is 33.4 Å². The number of hydrogen-bond donors (Lipinski definition) is 1. The SMILES string of the molecule is COc1sc(CNCc2cccs2)cc1Br. The van der Waals surface area contributed by atoms with Crippen LogP contribution in [0.15, 0.2) is 28.1 Å². The third-order valence-corrected chi connectivity index (χ3v) is 4.89. The molecule has 0 fully saturated rings. The first kappa shape index (κ1) is 12.1. The fourth-order valence-electron chi connectivity index (χ4n) is 1.35. The summed E-state index contributed by atoms with van der Waals surface area (Å²) in [4.78, 5) is 2.64. The predicted octanol–water partition coefficient (Wildman–Crippen LogP) is 3.87. The minimum atomic E-state index is 0.879. The monoisotopic (exact) mass is 317 g/mol. The van der Waals surface area contributed by atoms with Gasteiger partial charge < -0.3 is 10.1 Å². The molecule has 1 N–H and O–H groups in total. The number of hydrogen-bond acceptors (Lipinski definition) is 4. The van der Waals surface area contributed by atoms with Crippen LogP contribution in [0.4, 0.5) is 0 Å². The molecule has 0 radical (unpaired) electrons. The van der Waals surface area contributed by atoms with Crippen LogP contribution in [0, 0.1) is 0 Å². The molecule has 0 atom stereocenters. The molecular formula is C11H12BrNOS2. The lowest BCUT2D eigenvalue weighted by atomic mass is 10.4. The van der Waals surface area contributed by atoms with Crippen molar-refractivity contribution >= 4 is 38.6 Å². The standard InChI is InChI=1S/C11H12BrNOS2/c1-14-11-10(12)5-9(16-11)7-13-6-8-3-2-4-15-8/h2-5,13H,6-7H2,1H3. The lowest BCUT2D eigenvalue weighted by molar-refractivity contribution is 0.425. The minimum absolute atomic E-state index is 0.879. The van der Waals surface area contributed by atoms with E-state index in [-0.39, 0.29) is 0 Å². The molecule has 2 aromatic heterocycles. The van der Waals surface area contributed by atoms with Gasteiger partial charge in [0.15, 0.2) is 5.06 Å². The Labute approximate surface area is 111 Å². The lowest BCUT2D eigenvalue weighted by Crippen LogP contribution is -2.10. The number of rotatable bonds is 5. The van der Waals surface area contributed by atoms with E-state index in [1.54, 1.807) is 29.8 Å². The van der Waals surface area contributed by atoms with Crippen LogP contribution in [0.2, 0.25) is 0 Å². The number of nitrogens with one attached hydrogen (secondary N) is 1. The van der Waals surface area contributed by atoms with Crippen LogP contribution in [0.25, 0.3) is 0 Å². The molecule has 0 aliphatic carbocycles. The molecule has 0 unspecified atom stereocenters. The van der Waals surface area contributed by atoms with Gasteiger partial charge in [-0.2, -0.15) is 0 Å². The van der Waals surface area contributed by atoms with Crippen molar-refractivity contribution in [2.24, 2.45) is 0 Å². The Hall–Kier alpha value is -0.360. The van der Waals surface area contributed by atoms with Gasteiger partial charge in [-0.25, -0.2) is 0 Å². The Morgan fingerprint density at radius 2 is 2.19 bits per heavy atom. The predicted molar refractivity (Wildman–Crippen MR) is 73.4 cm³/mol. The first-order chi connectivity index (χ1) is 7.79. The molecule has 0 aliphatic rings. The molecule has 2 rings (SSSR count). The smallest absolute Gasteiger partial charge is 0.188 e. The number of methoxy groups -OCH3 is 1. The molecule has 0 amide bonds. The van der Waals surface area contributed by atoms with Gasteiger partial charge in [0.05, 0.1) is 11.6 Å². The molecule has 16 heavy (non-hydrogen) atoms. The molecule has 0 aliphatic heterocycles. The summed E-state index contributed by atoms with van der Waals surface area (Å²) in [6, 6.07) is 6.32. The summed E-state index contributed by atoms with van der Waals surface area (Å²) in [5, 5.41) is 6.45. The number of halogens is 1. The summed E-state index contributed by atoms with van der Waals surface area (Å²) in [7, 11) is 1.69. The highest BCUT2D eigenvalue weighted by Crippen LogP contribution is 2.34. The van der Waals surface area contributed by atoms with E-state index in [1.807, 2.05) is 0 Å². The maximum atomic E-state index is 5.22. The zero-order valence-corrected chi connectivity index (χ0v) is 12.0. The average Bonchev–Trinajstić information content (AvgIpc) is 2.88. The van der Waals surface area contributed by atoms with Crippen molar-refractivity contribution in [2.45, 2.75) is 13.1 Å². The topological polar surface area (TPSA) is 21.3 Å². The lowest BCUT2D eigenvalue weighted by Gasteiger charge is -1.99. The average molecular weight is 318 g/mol.